The molecule has 1 fully saturated rings. The van der Waals surface area contributed by atoms with Crippen LogP contribution in [-0.4, -0.2) is 55.2 Å². The normalized spacial score (nSPS) is 23.3. The number of piperidine rings is 1. The molecule has 0 spiro atoms. The van der Waals surface area contributed by atoms with Crippen molar-refractivity contribution in [2.75, 3.05) is 19.8 Å². The maximum absolute atomic E-state index is 7.51. The number of aliphatic hydroxyl groups is 1. The Hall–Kier alpha value is -1.18. The van der Waals surface area contributed by atoms with Gasteiger partial charge in [0, 0.05) is 21.1 Å². The molecule has 3 rings (SSSR count). The number of benzene rings is 1. The van der Waals surface area contributed by atoms with Gasteiger partial charge in [-0.1, -0.05) is 37.3 Å². The Balaban J connectivity index is 0.000000568. The maximum Gasteiger partial charge on any atom is 0.185 e. The Bertz CT molecular complexity index is 624. The summed E-state index contributed by atoms with van der Waals surface area (Å²) < 4.78 is 0. The average molecular weight is 517 g/mol. The van der Waals surface area contributed by atoms with Crippen LogP contribution in [0.5, 0.6) is 0 Å². The zero-order valence-electron chi connectivity index (χ0n) is 14.5. The standard InChI is InChI=1S/C15H20N5.CH5NO2.W/c1-12-11-19(2)10-9-15(12,13-7-5-4-6-8-13)14-16-18-20(3)17-14;3-1-2-4;/h4-8,12H,2,9-11H2,1,3H3;2-4H,1H2;/q-1;;. The summed E-state index contributed by atoms with van der Waals surface area (Å²) in [6.07, 6.45) is 0.966. The van der Waals surface area contributed by atoms with E-state index in [0.29, 0.717) is 5.92 Å². The second-order valence-electron chi connectivity index (χ2n) is 5.98. The molecule has 2 heterocycles. The Kier molecular flexibility index (Phi) is 8.82. The molecule has 9 heteroatoms. The number of aryl methyl sites for hydroxylation is 1. The summed E-state index contributed by atoms with van der Waals surface area (Å²) in [6.45, 7) is 3.76. The monoisotopic (exact) mass is 517 g/mol. The van der Waals surface area contributed by atoms with Gasteiger partial charge in [-0.2, -0.15) is 10.3 Å². The van der Waals surface area contributed by atoms with E-state index in [1.54, 1.807) is 4.80 Å². The minimum atomic E-state index is -0.375. The molecule has 1 aromatic heterocycles. The molecule has 1 aromatic carbocycles. The summed E-state index contributed by atoms with van der Waals surface area (Å²) >= 11 is 0. The summed E-state index contributed by atoms with van der Waals surface area (Å²) in [5.74, 6) is 1.21. The summed E-state index contributed by atoms with van der Waals surface area (Å²) in [4.78, 5) is 3.67. The van der Waals surface area contributed by atoms with Crippen molar-refractivity contribution in [3.63, 3.8) is 0 Å². The van der Waals surface area contributed by atoms with Crippen molar-refractivity contribution in [3.05, 3.63) is 48.8 Å². The molecule has 138 valence electrons. The average Bonchev–Trinajstić information content (AvgIpc) is 3.03. The first-order chi connectivity index (χ1) is 11.5. The van der Waals surface area contributed by atoms with Gasteiger partial charge in [-0.3, -0.25) is 7.05 Å². The predicted molar refractivity (Wildman–Crippen MR) is 88.7 cm³/mol. The number of tetrazole rings is 1. The predicted octanol–water partition coefficient (Wildman–Crippen LogP) is 0.542. The molecule has 0 saturated carbocycles. The number of hydrogen-bond acceptors (Lipinski definition) is 7. The van der Waals surface area contributed by atoms with E-state index in [-0.39, 0.29) is 33.2 Å². The topological polar surface area (TPSA) is 99.3 Å². The van der Waals surface area contributed by atoms with Crippen molar-refractivity contribution in [1.29, 1.82) is 0 Å². The number of hydrogen-bond donors (Lipinski definition) is 3. The molecule has 2 unspecified atom stereocenters. The van der Waals surface area contributed by atoms with Gasteiger partial charge in [0.15, 0.2) is 5.82 Å². The van der Waals surface area contributed by atoms with E-state index < -0.39 is 0 Å². The molecular weight excluding hydrogens is 492 g/mol. The van der Waals surface area contributed by atoms with E-state index in [0.717, 1.165) is 25.3 Å². The number of aliphatic hydroxyl groups excluding tert-OH is 1. The molecule has 8 nitrogen and oxygen atoms in total. The van der Waals surface area contributed by atoms with Gasteiger partial charge >= 0.3 is 0 Å². The minimum absolute atomic E-state index is 0. The molecule has 0 bridgehead atoms. The van der Waals surface area contributed by atoms with Crippen molar-refractivity contribution in [1.82, 2.24) is 30.6 Å². The van der Waals surface area contributed by atoms with E-state index in [1.165, 1.54) is 11.0 Å². The molecule has 0 amide bonds. The molecule has 2 atom stereocenters. The third kappa shape index (κ3) is 4.92. The zero-order chi connectivity index (χ0) is 17.6. The van der Waals surface area contributed by atoms with Crippen LogP contribution in [-0.2, 0) is 33.5 Å². The summed E-state index contributed by atoms with van der Waals surface area (Å²) in [5.41, 5.74) is 2.59. The third-order valence-corrected chi connectivity index (χ3v) is 4.46. The van der Waals surface area contributed by atoms with E-state index in [9.17, 15) is 0 Å². The van der Waals surface area contributed by atoms with Crippen LogP contribution in [0.2, 0.25) is 0 Å². The Morgan fingerprint density at radius 2 is 2.00 bits per heavy atom. The largest absolute Gasteiger partial charge is 0.459 e. The van der Waals surface area contributed by atoms with Gasteiger partial charge in [-0.25, -0.2) is 0 Å². The fourth-order valence-electron chi connectivity index (χ4n) is 3.30. The van der Waals surface area contributed by atoms with Crippen LogP contribution in [0.1, 0.15) is 24.7 Å². The van der Waals surface area contributed by atoms with Crippen LogP contribution in [0, 0.1) is 13.0 Å². The first kappa shape index (κ1) is 21.9. The molecule has 3 N–H and O–H groups in total. The van der Waals surface area contributed by atoms with Crippen molar-refractivity contribution in [2.45, 2.75) is 18.8 Å². The van der Waals surface area contributed by atoms with Crippen LogP contribution in [0.25, 0.3) is 0 Å². The number of hydroxylamine groups is 1. The number of rotatable bonds is 3. The van der Waals surface area contributed by atoms with Crippen LogP contribution in [0.15, 0.2) is 30.3 Å². The van der Waals surface area contributed by atoms with E-state index >= 15 is 0 Å². The molecule has 25 heavy (non-hydrogen) atoms. The number of aromatic nitrogens is 4. The number of likely N-dealkylation sites (tertiary alicyclic amines) is 1. The van der Waals surface area contributed by atoms with Gasteiger partial charge in [0.25, 0.3) is 0 Å². The van der Waals surface area contributed by atoms with E-state index in [2.05, 4.69) is 58.5 Å². The van der Waals surface area contributed by atoms with Gasteiger partial charge in [-0.05, 0) is 36.2 Å². The summed E-state index contributed by atoms with van der Waals surface area (Å²) in [7, 11) is 5.89. The van der Waals surface area contributed by atoms with Gasteiger partial charge < -0.3 is 15.2 Å². The first-order valence-corrected chi connectivity index (χ1v) is 7.88. The smallest absolute Gasteiger partial charge is 0.185 e. The van der Waals surface area contributed by atoms with Gasteiger partial charge in [0.05, 0.1) is 12.5 Å². The Morgan fingerprint density at radius 1 is 1.36 bits per heavy atom. The fraction of sp³-hybridized carbons (Fsp3) is 0.500. The summed E-state index contributed by atoms with van der Waals surface area (Å²) in [6, 6.07) is 10.5. The Labute approximate surface area is 162 Å². The number of nitrogens with zero attached hydrogens (tertiary/aromatic N) is 5. The van der Waals surface area contributed by atoms with E-state index in [4.69, 9.17) is 10.3 Å². The van der Waals surface area contributed by atoms with Crippen LogP contribution < -0.4 is 5.48 Å². The minimum Gasteiger partial charge on any atom is -0.459 e. The quantitative estimate of drug-likeness (QED) is 0.311. The summed E-state index contributed by atoms with van der Waals surface area (Å²) in [5, 5.41) is 27.8. The van der Waals surface area contributed by atoms with E-state index in [1.807, 2.05) is 13.1 Å². The zero-order valence-corrected chi connectivity index (χ0v) is 17.5. The van der Waals surface area contributed by atoms with Crippen molar-refractivity contribution in [3.8, 4) is 0 Å². The van der Waals surface area contributed by atoms with Crippen molar-refractivity contribution >= 4 is 0 Å². The molecule has 1 saturated heterocycles. The third-order valence-electron chi connectivity index (χ3n) is 4.46. The molecule has 1 aliphatic heterocycles. The first-order valence-electron chi connectivity index (χ1n) is 7.88. The molecule has 1 aliphatic rings. The fourth-order valence-corrected chi connectivity index (χ4v) is 3.30. The Morgan fingerprint density at radius 3 is 2.48 bits per heavy atom. The maximum atomic E-state index is 7.51. The van der Waals surface area contributed by atoms with Crippen LogP contribution in [0.4, 0.5) is 0 Å². The number of nitrogens with one attached hydrogen (secondary N) is 1. The van der Waals surface area contributed by atoms with Gasteiger partial charge in [-0.15, -0.1) is 10.2 Å². The van der Waals surface area contributed by atoms with Gasteiger partial charge in [0.2, 0.25) is 0 Å². The molecular formula is C16H25N6O2W-. The second-order valence-corrected chi connectivity index (χ2v) is 5.98. The second kappa shape index (κ2) is 10.1. The van der Waals surface area contributed by atoms with Crippen molar-refractivity contribution in [2.24, 2.45) is 13.0 Å². The van der Waals surface area contributed by atoms with Gasteiger partial charge in [0.1, 0.15) is 6.73 Å². The SMILES string of the molecule is OCNO.[CH2-]N1CCC(c2ccccc2)(c2nnn(C)n2)C(C)C1.[W]. The van der Waals surface area contributed by atoms with Crippen LogP contribution >= 0.6 is 0 Å². The van der Waals surface area contributed by atoms with Crippen LogP contribution in [0.3, 0.4) is 0 Å². The molecule has 0 radical (unpaired) electrons. The van der Waals surface area contributed by atoms with Crippen molar-refractivity contribution < 1.29 is 31.4 Å². The molecule has 2 aromatic rings. The molecule has 0 aliphatic carbocycles.